The van der Waals surface area contributed by atoms with E-state index >= 15 is 0 Å². The summed E-state index contributed by atoms with van der Waals surface area (Å²) in [5.41, 5.74) is 2.58. The third-order valence-electron chi connectivity index (χ3n) is 5.78. The first-order valence-electron chi connectivity index (χ1n) is 10.5. The summed E-state index contributed by atoms with van der Waals surface area (Å²) in [6.45, 7) is 3.56. The molecule has 0 spiro atoms. The molecule has 8 nitrogen and oxygen atoms in total. The Morgan fingerprint density at radius 3 is 2.65 bits per heavy atom. The van der Waals surface area contributed by atoms with Crippen LogP contribution in [-0.2, 0) is 22.6 Å². The Kier molecular flexibility index (Phi) is 6.06. The predicted octanol–water partition coefficient (Wildman–Crippen LogP) is 1.94. The quantitative estimate of drug-likeness (QED) is 0.633. The van der Waals surface area contributed by atoms with Gasteiger partial charge in [-0.3, -0.25) is 14.6 Å². The molecule has 160 valence electrons. The molecule has 31 heavy (non-hydrogen) atoms. The van der Waals surface area contributed by atoms with E-state index < -0.39 is 5.41 Å². The number of carbonyl (C=O) groups excluding carboxylic acids is 2. The highest BCUT2D eigenvalue weighted by Crippen LogP contribution is 2.35. The first-order chi connectivity index (χ1) is 15.1. The average molecular weight is 419 g/mol. The number of pyridine rings is 1. The van der Waals surface area contributed by atoms with E-state index in [-0.39, 0.29) is 18.4 Å². The lowest BCUT2D eigenvalue weighted by atomic mass is 9.79. The molecule has 0 aliphatic carbocycles. The number of hydrogen-bond acceptors (Lipinski definition) is 5. The Labute approximate surface area is 181 Å². The van der Waals surface area contributed by atoms with Crippen LogP contribution in [-0.4, -0.2) is 56.1 Å². The monoisotopic (exact) mass is 418 g/mol. The second-order valence-electron chi connectivity index (χ2n) is 7.91. The molecule has 0 saturated carbocycles. The van der Waals surface area contributed by atoms with E-state index in [1.807, 2.05) is 25.3 Å². The number of hydrogen-bond donors (Lipinski definition) is 1. The van der Waals surface area contributed by atoms with Gasteiger partial charge >= 0.3 is 0 Å². The van der Waals surface area contributed by atoms with Crippen molar-refractivity contribution in [2.75, 3.05) is 19.6 Å². The van der Waals surface area contributed by atoms with Gasteiger partial charge in [-0.1, -0.05) is 30.3 Å². The fourth-order valence-corrected chi connectivity index (χ4v) is 4.14. The number of rotatable bonds is 7. The molecule has 0 radical (unpaired) electrons. The van der Waals surface area contributed by atoms with Crippen LogP contribution in [0.25, 0.3) is 11.1 Å². The van der Waals surface area contributed by atoms with Crippen molar-refractivity contribution < 1.29 is 9.59 Å². The van der Waals surface area contributed by atoms with Crippen molar-refractivity contribution in [1.82, 2.24) is 30.0 Å². The molecular formula is C23H26N6O2. The van der Waals surface area contributed by atoms with Crippen LogP contribution in [0.4, 0.5) is 0 Å². The minimum atomic E-state index is -0.635. The molecular weight excluding hydrogens is 392 g/mol. The van der Waals surface area contributed by atoms with E-state index in [2.05, 4.69) is 44.6 Å². The van der Waals surface area contributed by atoms with E-state index in [9.17, 15) is 9.59 Å². The van der Waals surface area contributed by atoms with Crippen LogP contribution in [0.2, 0.25) is 0 Å². The van der Waals surface area contributed by atoms with Gasteiger partial charge in [0.15, 0.2) is 0 Å². The molecule has 1 fully saturated rings. The maximum absolute atomic E-state index is 13.1. The smallest absolute Gasteiger partial charge is 0.244 e. The zero-order chi connectivity index (χ0) is 21.7. The third kappa shape index (κ3) is 4.63. The molecule has 1 N–H and O–H groups in total. The lowest BCUT2D eigenvalue weighted by molar-refractivity contribution is -0.133. The SMILES string of the molecule is CCNC(=O)C1(Cc2ccc(-c3cccnc3)cc2)CCN(C(=O)Cn2cncn2)C1. The fraction of sp³-hybridized carbons (Fsp3) is 0.348. The number of carbonyl (C=O) groups is 2. The highest BCUT2D eigenvalue weighted by molar-refractivity contribution is 5.85. The van der Waals surface area contributed by atoms with E-state index in [4.69, 9.17) is 0 Å². The third-order valence-corrected chi connectivity index (χ3v) is 5.78. The molecule has 1 saturated heterocycles. The highest BCUT2D eigenvalue weighted by atomic mass is 16.2. The number of nitrogens with one attached hydrogen (secondary N) is 1. The second kappa shape index (κ2) is 9.07. The van der Waals surface area contributed by atoms with Gasteiger partial charge in [0.25, 0.3) is 0 Å². The van der Waals surface area contributed by atoms with Gasteiger partial charge in [0, 0.05) is 32.0 Å². The summed E-state index contributed by atoms with van der Waals surface area (Å²) in [5, 5.41) is 6.98. The van der Waals surface area contributed by atoms with Gasteiger partial charge in [0.2, 0.25) is 11.8 Å². The van der Waals surface area contributed by atoms with Crippen LogP contribution in [0.5, 0.6) is 0 Å². The first-order valence-corrected chi connectivity index (χ1v) is 10.5. The number of nitrogens with zero attached hydrogens (tertiary/aromatic N) is 5. The fourth-order valence-electron chi connectivity index (χ4n) is 4.14. The van der Waals surface area contributed by atoms with Crippen LogP contribution in [0, 0.1) is 5.41 Å². The second-order valence-corrected chi connectivity index (χ2v) is 7.91. The van der Waals surface area contributed by atoms with E-state index in [0.29, 0.717) is 32.5 Å². The summed E-state index contributed by atoms with van der Waals surface area (Å²) in [6.07, 6.45) is 7.73. The van der Waals surface area contributed by atoms with Gasteiger partial charge in [-0.2, -0.15) is 5.10 Å². The summed E-state index contributed by atoms with van der Waals surface area (Å²) in [5.74, 6) is -0.0500. The molecule has 0 bridgehead atoms. The summed E-state index contributed by atoms with van der Waals surface area (Å²) >= 11 is 0. The first kappa shape index (κ1) is 20.7. The van der Waals surface area contributed by atoms with Crippen LogP contribution in [0.3, 0.4) is 0 Å². The van der Waals surface area contributed by atoms with Gasteiger partial charge in [0.1, 0.15) is 19.2 Å². The van der Waals surface area contributed by atoms with Crippen molar-refractivity contribution >= 4 is 11.8 Å². The Hall–Kier alpha value is -3.55. The number of likely N-dealkylation sites (tertiary alicyclic amines) is 1. The topological polar surface area (TPSA) is 93.0 Å². The lowest BCUT2D eigenvalue weighted by Gasteiger charge is -2.28. The minimum absolute atomic E-state index is 0.00221. The molecule has 2 amide bonds. The van der Waals surface area contributed by atoms with Crippen molar-refractivity contribution in [3.8, 4) is 11.1 Å². The van der Waals surface area contributed by atoms with Crippen LogP contribution in [0.15, 0.2) is 61.4 Å². The summed E-state index contributed by atoms with van der Waals surface area (Å²) in [4.78, 5) is 35.6. The number of aromatic nitrogens is 4. The zero-order valence-electron chi connectivity index (χ0n) is 17.6. The zero-order valence-corrected chi connectivity index (χ0v) is 17.6. The Morgan fingerprint density at radius 2 is 1.97 bits per heavy atom. The molecule has 3 aromatic rings. The van der Waals surface area contributed by atoms with Crippen molar-refractivity contribution in [1.29, 1.82) is 0 Å². The van der Waals surface area contributed by atoms with Crippen molar-refractivity contribution in [3.63, 3.8) is 0 Å². The molecule has 3 heterocycles. The van der Waals surface area contributed by atoms with Crippen LogP contribution in [0.1, 0.15) is 18.9 Å². The molecule has 1 aromatic carbocycles. The minimum Gasteiger partial charge on any atom is -0.356 e. The largest absolute Gasteiger partial charge is 0.356 e. The van der Waals surface area contributed by atoms with Crippen LogP contribution >= 0.6 is 0 Å². The molecule has 1 aliphatic rings. The van der Waals surface area contributed by atoms with Gasteiger partial charge in [-0.25, -0.2) is 9.67 Å². The Balaban J connectivity index is 1.50. The van der Waals surface area contributed by atoms with E-state index in [0.717, 1.165) is 16.7 Å². The predicted molar refractivity (Wildman–Crippen MR) is 116 cm³/mol. The summed E-state index contributed by atoms with van der Waals surface area (Å²) in [7, 11) is 0. The molecule has 8 heteroatoms. The van der Waals surface area contributed by atoms with Crippen molar-refractivity contribution in [2.24, 2.45) is 5.41 Å². The van der Waals surface area contributed by atoms with Crippen molar-refractivity contribution in [3.05, 3.63) is 67.0 Å². The molecule has 4 rings (SSSR count). The van der Waals surface area contributed by atoms with Crippen LogP contribution < -0.4 is 5.32 Å². The maximum atomic E-state index is 13.1. The summed E-state index contributed by atoms with van der Waals surface area (Å²) < 4.78 is 1.51. The van der Waals surface area contributed by atoms with Crippen molar-refractivity contribution in [2.45, 2.75) is 26.3 Å². The Morgan fingerprint density at radius 1 is 1.13 bits per heavy atom. The normalized spacial score (nSPS) is 18.2. The van der Waals surface area contributed by atoms with Gasteiger partial charge in [-0.15, -0.1) is 0 Å². The van der Waals surface area contributed by atoms with Gasteiger partial charge < -0.3 is 10.2 Å². The molecule has 1 atom stereocenters. The maximum Gasteiger partial charge on any atom is 0.244 e. The lowest BCUT2D eigenvalue weighted by Crippen LogP contribution is -2.45. The van der Waals surface area contributed by atoms with E-state index in [1.54, 1.807) is 11.1 Å². The highest BCUT2D eigenvalue weighted by Gasteiger charge is 2.45. The molecule has 2 aromatic heterocycles. The molecule has 1 unspecified atom stereocenters. The Bertz CT molecular complexity index is 1020. The van der Waals surface area contributed by atoms with Gasteiger partial charge in [0.05, 0.1) is 5.41 Å². The standard InChI is InChI=1S/C23H26N6O2/c1-2-26-22(31)23(9-11-28(15-23)21(30)14-29-17-25-16-27-29)12-18-5-7-19(8-6-18)20-4-3-10-24-13-20/h3-8,10,13,16-17H,2,9,11-12,14-15H2,1H3,(H,26,31). The number of amides is 2. The van der Waals surface area contributed by atoms with Gasteiger partial charge in [-0.05, 0) is 42.5 Å². The summed E-state index contributed by atoms with van der Waals surface area (Å²) in [6, 6.07) is 12.2. The van der Waals surface area contributed by atoms with E-state index in [1.165, 1.54) is 17.3 Å². The average Bonchev–Trinajstić information content (AvgIpc) is 3.46. The number of benzene rings is 1. The molecule has 1 aliphatic heterocycles.